The van der Waals surface area contributed by atoms with Crippen molar-refractivity contribution in [3.05, 3.63) is 76.8 Å². The molecule has 9 heteroatoms. The Morgan fingerprint density at radius 2 is 1.92 bits per heavy atom. The first kappa shape index (κ1) is 18.2. The van der Waals surface area contributed by atoms with Gasteiger partial charge in [0.1, 0.15) is 17.5 Å². The monoisotopic (exact) mass is 396 g/mol. The van der Waals surface area contributed by atoms with E-state index in [-0.39, 0.29) is 17.3 Å². The number of benzene rings is 2. The average Bonchev–Trinajstić information content (AvgIpc) is 3.01. The number of thiocarbonyl (C=S) groups is 1. The van der Waals surface area contributed by atoms with Crippen LogP contribution in [-0.2, 0) is 6.54 Å². The number of anilines is 2. The number of nitrogens with one attached hydrogen (secondary N) is 2. The van der Waals surface area contributed by atoms with Gasteiger partial charge in [0, 0.05) is 22.8 Å². The fourth-order valence-electron chi connectivity index (χ4n) is 2.24. The number of halogens is 4. The van der Waals surface area contributed by atoms with Gasteiger partial charge in [-0.15, -0.1) is 0 Å². The van der Waals surface area contributed by atoms with Crippen molar-refractivity contribution in [1.29, 1.82) is 0 Å². The average molecular weight is 397 g/mol. The molecule has 3 aromatic rings. The standard InChI is InChI=1S/C17H12ClF3N4S/c18-13-2-1-3-14(20)12(13)9-25-8-11(7-22-25)23-17(26)24-16-5-4-10(19)6-15(16)21/h1-8H,9H2,(H2,23,24,26). The number of hydrogen-bond acceptors (Lipinski definition) is 2. The molecule has 0 spiro atoms. The summed E-state index contributed by atoms with van der Waals surface area (Å²) < 4.78 is 41.8. The van der Waals surface area contributed by atoms with Crippen LogP contribution in [0.5, 0.6) is 0 Å². The van der Waals surface area contributed by atoms with E-state index in [1.54, 1.807) is 12.3 Å². The fraction of sp³-hybridized carbons (Fsp3) is 0.0588. The Morgan fingerprint density at radius 3 is 2.65 bits per heavy atom. The summed E-state index contributed by atoms with van der Waals surface area (Å²) in [6, 6.07) is 7.54. The van der Waals surface area contributed by atoms with Crippen LogP contribution in [0.3, 0.4) is 0 Å². The molecule has 26 heavy (non-hydrogen) atoms. The summed E-state index contributed by atoms with van der Waals surface area (Å²) in [7, 11) is 0. The summed E-state index contributed by atoms with van der Waals surface area (Å²) in [4.78, 5) is 0. The van der Waals surface area contributed by atoms with Crippen molar-refractivity contribution in [3.63, 3.8) is 0 Å². The lowest BCUT2D eigenvalue weighted by Gasteiger charge is -2.09. The Kier molecular flexibility index (Phi) is 5.43. The maximum atomic E-state index is 13.8. The summed E-state index contributed by atoms with van der Waals surface area (Å²) in [6.07, 6.45) is 3.07. The molecule has 134 valence electrons. The first-order valence-corrected chi connectivity index (χ1v) is 8.19. The number of hydrogen-bond donors (Lipinski definition) is 2. The van der Waals surface area contributed by atoms with Crippen molar-refractivity contribution >= 4 is 40.3 Å². The molecule has 0 unspecified atom stereocenters. The second-order valence-electron chi connectivity index (χ2n) is 5.33. The minimum atomic E-state index is -0.765. The quantitative estimate of drug-likeness (QED) is 0.621. The minimum Gasteiger partial charge on any atom is -0.330 e. The van der Waals surface area contributed by atoms with Crippen molar-refractivity contribution in [1.82, 2.24) is 9.78 Å². The van der Waals surface area contributed by atoms with Crippen LogP contribution in [0, 0.1) is 17.5 Å². The van der Waals surface area contributed by atoms with E-state index in [1.165, 1.54) is 29.1 Å². The SMILES string of the molecule is Fc1ccc(NC(=S)Nc2cnn(Cc3c(F)cccc3Cl)c2)c(F)c1. The molecule has 0 amide bonds. The van der Waals surface area contributed by atoms with E-state index in [0.29, 0.717) is 16.3 Å². The lowest BCUT2D eigenvalue weighted by atomic mass is 10.2. The van der Waals surface area contributed by atoms with E-state index >= 15 is 0 Å². The zero-order valence-electron chi connectivity index (χ0n) is 13.1. The fourth-order valence-corrected chi connectivity index (χ4v) is 2.69. The second kappa shape index (κ2) is 7.76. The van der Waals surface area contributed by atoms with Crippen molar-refractivity contribution < 1.29 is 13.2 Å². The summed E-state index contributed by atoms with van der Waals surface area (Å²) in [5, 5.41) is 9.94. The van der Waals surface area contributed by atoms with Crippen LogP contribution in [0.1, 0.15) is 5.56 Å². The van der Waals surface area contributed by atoms with Crippen molar-refractivity contribution in [3.8, 4) is 0 Å². The lowest BCUT2D eigenvalue weighted by molar-refractivity contribution is 0.585. The van der Waals surface area contributed by atoms with Crippen molar-refractivity contribution in [2.24, 2.45) is 0 Å². The molecular formula is C17H12ClF3N4S. The molecule has 0 atom stereocenters. The van der Waals surface area contributed by atoms with Crippen LogP contribution >= 0.6 is 23.8 Å². The zero-order chi connectivity index (χ0) is 18.7. The van der Waals surface area contributed by atoms with Gasteiger partial charge in [-0.3, -0.25) is 4.68 Å². The van der Waals surface area contributed by atoms with Crippen LogP contribution < -0.4 is 10.6 Å². The van der Waals surface area contributed by atoms with Crippen LogP contribution in [0.15, 0.2) is 48.8 Å². The van der Waals surface area contributed by atoms with E-state index in [0.717, 1.165) is 12.1 Å². The van der Waals surface area contributed by atoms with Gasteiger partial charge in [-0.1, -0.05) is 17.7 Å². The molecule has 0 saturated heterocycles. The minimum absolute atomic E-state index is 0.0365. The van der Waals surface area contributed by atoms with E-state index in [2.05, 4.69) is 15.7 Å². The maximum absolute atomic E-state index is 13.8. The Balaban J connectivity index is 1.65. The molecule has 4 nitrogen and oxygen atoms in total. The molecule has 0 radical (unpaired) electrons. The third kappa shape index (κ3) is 4.33. The van der Waals surface area contributed by atoms with Gasteiger partial charge in [0.15, 0.2) is 5.11 Å². The Morgan fingerprint density at radius 1 is 1.12 bits per heavy atom. The Bertz CT molecular complexity index is 941. The van der Waals surface area contributed by atoms with Crippen molar-refractivity contribution in [2.45, 2.75) is 6.54 Å². The summed E-state index contributed by atoms with van der Waals surface area (Å²) in [6.45, 7) is 0.139. The summed E-state index contributed by atoms with van der Waals surface area (Å²) >= 11 is 11.1. The highest BCUT2D eigenvalue weighted by atomic mass is 35.5. The van der Waals surface area contributed by atoms with Gasteiger partial charge in [0.2, 0.25) is 0 Å². The number of aromatic nitrogens is 2. The molecule has 1 aromatic heterocycles. The molecule has 0 aliphatic carbocycles. The highest BCUT2D eigenvalue weighted by molar-refractivity contribution is 7.80. The van der Waals surface area contributed by atoms with E-state index in [1.807, 2.05) is 0 Å². The van der Waals surface area contributed by atoms with Gasteiger partial charge >= 0.3 is 0 Å². The first-order valence-electron chi connectivity index (χ1n) is 7.41. The predicted molar refractivity (Wildman–Crippen MR) is 98.9 cm³/mol. The smallest absolute Gasteiger partial charge is 0.175 e. The van der Waals surface area contributed by atoms with Gasteiger partial charge in [-0.2, -0.15) is 5.10 Å². The summed E-state index contributed by atoms with van der Waals surface area (Å²) in [5.74, 6) is -1.87. The van der Waals surface area contributed by atoms with E-state index in [9.17, 15) is 13.2 Å². The number of nitrogens with zero attached hydrogens (tertiary/aromatic N) is 2. The zero-order valence-corrected chi connectivity index (χ0v) is 14.7. The molecule has 0 saturated carbocycles. The molecule has 3 rings (SSSR count). The number of rotatable bonds is 4. The largest absolute Gasteiger partial charge is 0.330 e. The highest BCUT2D eigenvalue weighted by Gasteiger charge is 2.10. The topological polar surface area (TPSA) is 41.9 Å². The van der Waals surface area contributed by atoms with Crippen LogP contribution in [-0.4, -0.2) is 14.9 Å². The Labute approximate surface area is 157 Å². The Hall–Kier alpha value is -2.58. The van der Waals surface area contributed by atoms with Crippen LogP contribution in [0.4, 0.5) is 24.5 Å². The first-order chi connectivity index (χ1) is 12.4. The van der Waals surface area contributed by atoms with Crippen LogP contribution in [0.25, 0.3) is 0 Å². The third-order valence-electron chi connectivity index (χ3n) is 3.45. The molecule has 0 aliphatic rings. The molecule has 0 bridgehead atoms. The molecule has 2 N–H and O–H groups in total. The molecule has 2 aromatic carbocycles. The van der Waals surface area contributed by atoms with Gasteiger partial charge in [0.25, 0.3) is 0 Å². The molecule has 1 heterocycles. The van der Waals surface area contributed by atoms with Gasteiger partial charge < -0.3 is 10.6 Å². The van der Waals surface area contributed by atoms with Gasteiger partial charge in [-0.05, 0) is 36.5 Å². The van der Waals surface area contributed by atoms with E-state index in [4.69, 9.17) is 23.8 Å². The highest BCUT2D eigenvalue weighted by Crippen LogP contribution is 2.20. The molecule has 0 aliphatic heterocycles. The van der Waals surface area contributed by atoms with Gasteiger partial charge in [0.05, 0.1) is 24.1 Å². The van der Waals surface area contributed by atoms with Crippen LogP contribution in [0.2, 0.25) is 5.02 Å². The molecule has 0 fully saturated rings. The maximum Gasteiger partial charge on any atom is 0.175 e. The summed E-state index contributed by atoms with van der Waals surface area (Å²) in [5.41, 5.74) is 0.866. The van der Waals surface area contributed by atoms with Gasteiger partial charge in [-0.25, -0.2) is 13.2 Å². The van der Waals surface area contributed by atoms with E-state index < -0.39 is 17.5 Å². The predicted octanol–water partition coefficient (Wildman–Crippen LogP) is 4.81. The third-order valence-corrected chi connectivity index (χ3v) is 4.01. The van der Waals surface area contributed by atoms with Crippen molar-refractivity contribution in [2.75, 3.05) is 10.6 Å². The molecular weight excluding hydrogens is 385 g/mol. The normalized spacial score (nSPS) is 10.6. The lowest BCUT2D eigenvalue weighted by Crippen LogP contribution is -2.19. The second-order valence-corrected chi connectivity index (χ2v) is 6.15.